The van der Waals surface area contributed by atoms with Gasteiger partial charge in [-0.15, -0.1) is 0 Å². The Morgan fingerprint density at radius 1 is 0.630 bits per heavy atom. The Labute approximate surface area is 184 Å². The molecule has 0 N–H and O–H groups in total. The minimum absolute atomic E-state index is 0. The van der Waals surface area contributed by atoms with Crippen molar-refractivity contribution in [3.8, 4) is 0 Å². The molecule has 0 amide bonds. The Hall–Kier alpha value is -1.28. The first kappa shape index (κ1) is 27.9. The van der Waals surface area contributed by atoms with Gasteiger partial charge in [0, 0.05) is 0 Å². The average molecular weight is 411 g/mol. The molecule has 2 heteroatoms. The van der Waals surface area contributed by atoms with E-state index in [1.54, 1.807) is 5.56 Å². The van der Waals surface area contributed by atoms with Crippen LogP contribution in [0.5, 0.6) is 0 Å². The largest absolute Gasteiger partial charge is 4.00 e. The molecule has 0 saturated heterocycles. The molecule has 3 aromatic carbocycles. The van der Waals surface area contributed by atoms with Gasteiger partial charge < -0.3 is 22.3 Å². The summed E-state index contributed by atoms with van der Waals surface area (Å²) in [6, 6.07) is 23.4. The molecule has 0 aliphatic rings. The molecule has 3 rings (SSSR count). The van der Waals surface area contributed by atoms with Crippen molar-refractivity contribution in [1.29, 1.82) is 0 Å². The van der Waals surface area contributed by atoms with E-state index in [1.165, 1.54) is 38.7 Å². The summed E-state index contributed by atoms with van der Waals surface area (Å²) in [6.07, 6.45) is 0. The molecular formula is C25H34SiTi. The van der Waals surface area contributed by atoms with Crippen LogP contribution in [0, 0.1) is 50.0 Å². The van der Waals surface area contributed by atoms with Gasteiger partial charge in [0.25, 0.3) is 0 Å². The second kappa shape index (κ2) is 12.2. The van der Waals surface area contributed by atoms with E-state index in [0.29, 0.717) is 0 Å². The molecule has 0 bridgehead atoms. The van der Waals surface area contributed by atoms with Crippen molar-refractivity contribution < 1.29 is 21.7 Å². The van der Waals surface area contributed by atoms with Crippen molar-refractivity contribution in [2.75, 3.05) is 0 Å². The predicted octanol–water partition coefficient (Wildman–Crippen LogP) is 5.11. The maximum atomic E-state index is 2.32. The Kier molecular flexibility index (Phi) is 12.7. The van der Waals surface area contributed by atoms with Crippen LogP contribution in [0.2, 0.25) is 0 Å². The van der Waals surface area contributed by atoms with Crippen molar-refractivity contribution in [2.45, 2.75) is 33.7 Å². The molecule has 0 aliphatic heterocycles. The number of rotatable bonds is 4. The summed E-state index contributed by atoms with van der Waals surface area (Å²) in [7, 11) is -1.24. The van der Waals surface area contributed by atoms with E-state index >= 15 is 0 Å². The second-order valence-electron chi connectivity index (χ2n) is 6.56. The monoisotopic (exact) mass is 410 g/mol. The fourth-order valence-electron chi connectivity index (χ4n) is 3.61. The zero-order valence-corrected chi connectivity index (χ0v) is 20.8. The first-order chi connectivity index (χ1) is 11.1. The van der Waals surface area contributed by atoms with Crippen LogP contribution in [0.25, 0.3) is 0 Å². The van der Waals surface area contributed by atoms with Crippen LogP contribution in [0.3, 0.4) is 0 Å². The summed E-state index contributed by atoms with van der Waals surface area (Å²) in [5.41, 5.74) is 7.55. The van der Waals surface area contributed by atoms with Crippen molar-refractivity contribution in [2.24, 2.45) is 0 Å². The van der Waals surface area contributed by atoms with Gasteiger partial charge >= 0.3 is 21.7 Å². The summed E-state index contributed by atoms with van der Waals surface area (Å²) in [5, 5.41) is 3.07. The van der Waals surface area contributed by atoms with Crippen molar-refractivity contribution in [3.05, 3.63) is 111 Å². The first-order valence-electron chi connectivity index (χ1n) is 8.41. The maximum absolute atomic E-state index is 2.32. The van der Waals surface area contributed by atoms with Crippen molar-refractivity contribution in [3.63, 3.8) is 0 Å². The Balaban J connectivity index is 0. The van der Waals surface area contributed by atoms with Crippen LogP contribution in [0.1, 0.15) is 27.8 Å². The van der Waals surface area contributed by atoms with Gasteiger partial charge in [-0.05, 0) is 0 Å². The number of hydrogen-bond acceptors (Lipinski definition) is 0. The number of hydrogen-bond donors (Lipinski definition) is 0. The summed E-state index contributed by atoms with van der Waals surface area (Å²) >= 11 is 0. The summed E-state index contributed by atoms with van der Waals surface area (Å²) < 4.78 is 0. The van der Waals surface area contributed by atoms with E-state index in [-0.39, 0.29) is 44.0 Å². The van der Waals surface area contributed by atoms with Gasteiger partial charge in [0.1, 0.15) is 0 Å². The van der Waals surface area contributed by atoms with Crippen molar-refractivity contribution in [1.82, 2.24) is 0 Å². The molecule has 0 aromatic heterocycles. The molecular weight excluding hydrogens is 376 g/mol. The summed E-state index contributed by atoms with van der Waals surface area (Å²) in [4.78, 5) is 0. The smallest absolute Gasteiger partial charge is 0.358 e. The Morgan fingerprint density at radius 3 is 1.30 bits per heavy atom. The molecule has 0 atom stereocenters. The van der Waals surface area contributed by atoms with Gasteiger partial charge in [0.05, 0.1) is 8.80 Å². The van der Waals surface area contributed by atoms with Crippen LogP contribution in [0.15, 0.2) is 60.7 Å². The third-order valence-corrected chi connectivity index (χ3v) is 8.60. The molecule has 3 aromatic rings. The fraction of sp³-hybridized carbons (Fsp3) is 0.200. The molecule has 27 heavy (non-hydrogen) atoms. The molecule has 142 valence electrons. The second-order valence-corrected chi connectivity index (χ2v) is 9.40. The van der Waals surface area contributed by atoms with E-state index in [9.17, 15) is 0 Å². The Bertz CT molecular complexity index is 723. The van der Waals surface area contributed by atoms with Gasteiger partial charge in [-0.25, -0.2) is 0 Å². The quantitative estimate of drug-likeness (QED) is 0.414. The van der Waals surface area contributed by atoms with Gasteiger partial charge in [0.2, 0.25) is 0 Å². The molecule has 0 aliphatic carbocycles. The van der Waals surface area contributed by atoms with E-state index in [2.05, 4.69) is 88.4 Å². The molecule has 0 saturated carbocycles. The minimum atomic E-state index is -1.24. The van der Waals surface area contributed by atoms with Gasteiger partial charge in [-0.2, -0.15) is 27.8 Å². The molecule has 0 spiro atoms. The fourth-order valence-corrected chi connectivity index (χ4v) is 6.86. The molecule has 0 fully saturated rings. The van der Waals surface area contributed by atoms with E-state index < -0.39 is 8.80 Å². The average Bonchev–Trinajstić information content (AvgIpc) is 2.78. The minimum Gasteiger partial charge on any atom is -0.358 e. The topological polar surface area (TPSA) is 0 Å². The van der Waals surface area contributed by atoms with Crippen LogP contribution in [-0.2, 0) is 27.8 Å². The van der Waals surface area contributed by atoms with Crippen molar-refractivity contribution >= 4 is 19.2 Å². The van der Waals surface area contributed by atoms with E-state index in [4.69, 9.17) is 0 Å². The van der Waals surface area contributed by atoms with Crippen LogP contribution >= 0.6 is 0 Å². The first-order valence-corrected chi connectivity index (χ1v) is 10.4. The standard InChI is InChI=1S/C22H25Si.3CH3.Ti/c1-16-17(2)19(4)22(18(16)3)15-23(20-11-7-5-8-12-20)21-13-9-6-10-14-21;;;;/h5-14,23H,15H2,1-4H3;3*1H3;/q4*-1;+4. The van der Waals surface area contributed by atoms with Gasteiger partial charge in [0.15, 0.2) is 0 Å². The SMILES string of the molecule is Cc1c(C)c(C)[c-](C[SiH](c2ccccc2)c2ccccc2)c1C.[CH3-].[CH3-].[CH3-].[Ti+4]. The maximum Gasteiger partial charge on any atom is 4.00 e. The van der Waals surface area contributed by atoms with Gasteiger partial charge in [-0.1, -0.05) is 105 Å². The van der Waals surface area contributed by atoms with E-state index in [1.807, 2.05) is 0 Å². The summed E-state index contributed by atoms with van der Waals surface area (Å²) in [6.45, 7) is 9.13. The van der Waals surface area contributed by atoms with E-state index in [0.717, 1.165) is 0 Å². The van der Waals surface area contributed by atoms with Crippen LogP contribution in [-0.4, -0.2) is 8.80 Å². The predicted molar refractivity (Wildman–Crippen MR) is 123 cm³/mol. The third kappa shape index (κ3) is 5.85. The molecule has 0 nitrogen and oxygen atoms in total. The Morgan fingerprint density at radius 2 is 0.963 bits per heavy atom. The zero-order chi connectivity index (χ0) is 16.4. The summed E-state index contributed by atoms with van der Waals surface area (Å²) in [5.74, 6) is 0. The van der Waals surface area contributed by atoms with Crippen LogP contribution in [0.4, 0.5) is 0 Å². The third-order valence-electron chi connectivity index (χ3n) is 5.40. The zero-order valence-electron chi connectivity index (χ0n) is 18.1. The normalized spacial score (nSPS) is 9.52. The van der Waals surface area contributed by atoms with Gasteiger partial charge in [-0.3, -0.25) is 0 Å². The molecule has 0 radical (unpaired) electrons. The number of benzene rings is 2. The van der Waals surface area contributed by atoms with Crippen LogP contribution < -0.4 is 10.4 Å². The molecule has 0 heterocycles. The molecule has 0 unspecified atom stereocenters.